The molecule has 0 heterocycles. The fraction of sp³-hybridized carbons (Fsp3) is 0.400. The Balaban J connectivity index is 2.45. The van der Waals surface area contributed by atoms with Crippen LogP contribution in [0.5, 0.6) is 5.75 Å². The van der Waals surface area contributed by atoms with E-state index in [4.69, 9.17) is 16.3 Å². The van der Waals surface area contributed by atoms with Crippen LogP contribution < -0.4 is 4.74 Å². The standard InChI is InChI=1S/C10H12BrClOS/c11-8-3-4-9(12)10(7-8)13-5-1-2-6-14/h3-4,7,14H,1-2,5-6H2. The van der Waals surface area contributed by atoms with E-state index >= 15 is 0 Å². The SMILES string of the molecule is SCCCCOc1cc(Br)ccc1Cl. The van der Waals surface area contributed by atoms with Crippen molar-refractivity contribution in [1.29, 1.82) is 0 Å². The Morgan fingerprint density at radius 3 is 2.86 bits per heavy atom. The highest BCUT2D eigenvalue weighted by molar-refractivity contribution is 9.10. The molecule has 1 rings (SSSR count). The average molecular weight is 296 g/mol. The quantitative estimate of drug-likeness (QED) is 0.633. The molecule has 0 amide bonds. The maximum absolute atomic E-state index is 5.95. The van der Waals surface area contributed by atoms with Crippen molar-refractivity contribution in [1.82, 2.24) is 0 Å². The van der Waals surface area contributed by atoms with Crippen molar-refractivity contribution < 1.29 is 4.74 Å². The van der Waals surface area contributed by atoms with Gasteiger partial charge in [0.15, 0.2) is 0 Å². The minimum absolute atomic E-state index is 0.652. The van der Waals surface area contributed by atoms with Crippen molar-refractivity contribution in [3.8, 4) is 5.75 Å². The van der Waals surface area contributed by atoms with Gasteiger partial charge in [-0.25, -0.2) is 0 Å². The summed E-state index contributed by atoms with van der Waals surface area (Å²) in [6.07, 6.45) is 2.07. The molecule has 0 N–H and O–H groups in total. The third-order valence-electron chi connectivity index (χ3n) is 1.70. The smallest absolute Gasteiger partial charge is 0.139 e. The third kappa shape index (κ3) is 4.11. The lowest BCUT2D eigenvalue weighted by atomic mass is 10.3. The zero-order valence-electron chi connectivity index (χ0n) is 7.67. The summed E-state index contributed by atoms with van der Waals surface area (Å²) in [5.74, 6) is 1.63. The maximum atomic E-state index is 5.95. The first-order valence-electron chi connectivity index (χ1n) is 4.43. The Morgan fingerprint density at radius 2 is 2.14 bits per heavy atom. The Kier molecular flexibility index (Phi) is 5.75. The Hall–Kier alpha value is 0.140. The summed E-state index contributed by atoms with van der Waals surface area (Å²) in [5.41, 5.74) is 0. The van der Waals surface area contributed by atoms with E-state index < -0.39 is 0 Å². The van der Waals surface area contributed by atoms with Crippen LogP contribution in [0.3, 0.4) is 0 Å². The summed E-state index contributed by atoms with van der Waals surface area (Å²) in [6, 6.07) is 5.59. The van der Waals surface area contributed by atoms with Crippen LogP contribution in [0.2, 0.25) is 5.02 Å². The fourth-order valence-corrected chi connectivity index (χ4v) is 1.72. The molecule has 0 saturated heterocycles. The molecule has 0 saturated carbocycles. The van der Waals surface area contributed by atoms with Gasteiger partial charge in [-0.3, -0.25) is 0 Å². The van der Waals surface area contributed by atoms with Gasteiger partial charge in [-0.2, -0.15) is 12.6 Å². The van der Waals surface area contributed by atoms with Gasteiger partial charge in [-0.15, -0.1) is 0 Å². The summed E-state index contributed by atoms with van der Waals surface area (Å²) < 4.78 is 6.50. The third-order valence-corrected chi connectivity index (χ3v) is 2.82. The first-order chi connectivity index (χ1) is 6.74. The molecular weight excluding hydrogens is 284 g/mol. The average Bonchev–Trinajstić information content (AvgIpc) is 2.18. The Morgan fingerprint density at radius 1 is 1.36 bits per heavy atom. The van der Waals surface area contributed by atoms with Crippen LogP contribution in [0.15, 0.2) is 22.7 Å². The monoisotopic (exact) mass is 294 g/mol. The second-order valence-electron chi connectivity index (χ2n) is 2.85. The lowest BCUT2D eigenvalue weighted by Gasteiger charge is -2.07. The van der Waals surface area contributed by atoms with Gasteiger partial charge in [0, 0.05) is 4.47 Å². The molecule has 0 aliphatic rings. The van der Waals surface area contributed by atoms with Gasteiger partial charge >= 0.3 is 0 Å². The molecule has 0 unspecified atom stereocenters. The summed E-state index contributed by atoms with van der Waals surface area (Å²) >= 11 is 13.4. The van der Waals surface area contributed by atoms with E-state index in [2.05, 4.69) is 28.6 Å². The van der Waals surface area contributed by atoms with Crippen molar-refractivity contribution in [2.24, 2.45) is 0 Å². The number of benzene rings is 1. The predicted molar refractivity (Wildman–Crippen MR) is 67.7 cm³/mol. The molecule has 1 aromatic carbocycles. The topological polar surface area (TPSA) is 9.23 Å². The Labute approximate surface area is 103 Å². The molecule has 0 aliphatic carbocycles. The summed E-state index contributed by atoms with van der Waals surface area (Å²) in [6.45, 7) is 0.691. The molecular formula is C10H12BrClOS. The molecule has 14 heavy (non-hydrogen) atoms. The van der Waals surface area contributed by atoms with Gasteiger partial charge in [-0.05, 0) is 36.8 Å². The molecule has 0 bridgehead atoms. The largest absolute Gasteiger partial charge is 0.492 e. The first-order valence-corrected chi connectivity index (χ1v) is 6.23. The molecule has 0 atom stereocenters. The van der Waals surface area contributed by atoms with Crippen LogP contribution in [0, 0.1) is 0 Å². The molecule has 78 valence electrons. The first kappa shape index (κ1) is 12.2. The van der Waals surface area contributed by atoms with Crippen LogP contribution in [0.1, 0.15) is 12.8 Å². The number of thiol groups is 1. The number of ether oxygens (including phenoxy) is 1. The number of rotatable bonds is 5. The second kappa shape index (κ2) is 6.59. The van der Waals surface area contributed by atoms with Gasteiger partial charge in [0.2, 0.25) is 0 Å². The molecule has 0 spiro atoms. The maximum Gasteiger partial charge on any atom is 0.139 e. The molecule has 1 aromatic rings. The molecule has 0 aliphatic heterocycles. The molecule has 1 nitrogen and oxygen atoms in total. The van der Waals surface area contributed by atoms with Crippen molar-refractivity contribution in [3.63, 3.8) is 0 Å². The van der Waals surface area contributed by atoms with Gasteiger partial charge in [0.1, 0.15) is 5.75 Å². The molecule has 0 fully saturated rings. The van der Waals surface area contributed by atoms with E-state index in [0.29, 0.717) is 11.6 Å². The minimum atomic E-state index is 0.652. The highest BCUT2D eigenvalue weighted by atomic mass is 79.9. The zero-order chi connectivity index (χ0) is 10.4. The summed E-state index contributed by atoms with van der Waals surface area (Å²) in [4.78, 5) is 0. The van der Waals surface area contributed by atoms with Crippen LogP contribution in [0.25, 0.3) is 0 Å². The van der Waals surface area contributed by atoms with E-state index in [1.807, 2.05) is 18.2 Å². The minimum Gasteiger partial charge on any atom is -0.492 e. The van der Waals surface area contributed by atoms with Crippen LogP contribution in [0.4, 0.5) is 0 Å². The zero-order valence-corrected chi connectivity index (χ0v) is 10.9. The number of halogens is 2. The number of hydrogen-bond donors (Lipinski definition) is 1. The van der Waals surface area contributed by atoms with Crippen LogP contribution in [-0.2, 0) is 0 Å². The fourth-order valence-electron chi connectivity index (χ4n) is 0.984. The highest BCUT2D eigenvalue weighted by Gasteiger charge is 2.01. The Bertz CT molecular complexity index is 293. The van der Waals surface area contributed by atoms with Crippen molar-refractivity contribution >= 4 is 40.2 Å². The van der Waals surface area contributed by atoms with E-state index in [0.717, 1.165) is 28.8 Å². The second-order valence-corrected chi connectivity index (χ2v) is 4.62. The number of hydrogen-bond acceptors (Lipinski definition) is 2. The van der Waals surface area contributed by atoms with Gasteiger partial charge in [-0.1, -0.05) is 27.5 Å². The normalized spacial score (nSPS) is 10.2. The lowest BCUT2D eigenvalue weighted by Crippen LogP contribution is -1.98. The van der Waals surface area contributed by atoms with E-state index in [1.54, 1.807) is 0 Å². The van der Waals surface area contributed by atoms with Crippen molar-refractivity contribution in [2.45, 2.75) is 12.8 Å². The summed E-state index contributed by atoms with van der Waals surface area (Å²) in [5, 5.41) is 0.652. The number of unbranched alkanes of at least 4 members (excludes halogenated alkanes) is 1. The van der Waals surface area contributed by atoms with Gasteiger partial charge < -0.3 is 4.74 Å². The van der Waals surface area contributed by atoms with E-state index in [9.17, 15) is 0 Å². The van der Waals surface area contributed by atoms with Gasteiger partial charge in [0.25, 0.3) is 0 Å². The van der Waals surface area contributed by atoms with E-state index in [-0.39, 0.29) is 0 Å². The highest BCUT2D eigenvalue weighted by Crippen LogP contribution is 2.27. The lowest BCUT2D eigenvalue weighted by molar-refractivity contribution is 0.310. The van der Waals surface area contributed by atoms with Crippen LogP contribution in [-0.4, -0.2) is 12.4 Å². The predicted octanol–water partition coefficient (Wildman–Crippen LogP) is 4.19. The molecule has 0 radical (unpaired) electrons. The van der Waals surface area contributed by atoms with Crippen molar-refractivity contribution in [2.75, 3.05) is 12.4 Å². The van der Waals surface area contributed by atoms with Crippen molar-refractivity contribution in [3.05, 3.63) is 27.7 Å². The van der Waals surface area contributed by atoms with E-state index in [1.165, 1.54) is 0 Å². The van der Waals surface area contributed by atoms with Crippen LogP contribution >= 0.6 is 40.2 Å². The molecule has 4 heteroatoms. The molecule has 0 aromatic heterocycles. The van der Waals surface area contributed by atoms with Gasteiger partial charge in [0.05, 0.1) is 11.6 Å². The summed E-state index contributed by atoms with van der Waals surface area (Å²) in [7, 11) is 0.